The van der Waals surface area contributed by atoms with E-state index in [0.29, 0.717) is 5.65 Å². The van der Waals surface area contributed by atoms with Crippen molar-refractivity contribution < 1.29 is 0 Å². The van der Waals surface area contributed by atoms with Crippen molar-refractivity contribution in [3.05, 3.63) is 83.4 Å². The maximum Gasteiger partial charge on any atom is 0.347 e. The lowest BCUT2D eigenvalue weighted by Crippen LogP contribution is -2.08. The molecule has 0 aliphatic carbocycles. The fraction of sp³-hybridized carbons (Fsp3) is 0. The summed E-state index contributed by atoms with van der Waals surface area (Å²) in [6.07, 6.45) is 1.80. The molecule has 0 unspecified atom stereocenters. The average molecular weight is 287 g/mol. The molecule has 0 atom stereocenters. The molecule has 0 saturated carbocycles. The van der Waals surface area contributed by atoms with E-state index in [1.165, 1.54) is 15.5 Å². The van der Waals surface area contributed by atoms with E-state index >= 15 is 0 Å². The van der Waals surface area contributed by atoms with Gasteiger partial charge in [0.25, 0.3) is 0 Å². The van der Waals surface area contributed by atoms with Crippen LogP contribution in [0.3, 0.4) is 0 Å². The average Bonchev–Trinajstić information content (AvgIpc) is 2.96. The number of aromatic amines is 1. The number of rotatable bonds is 2. The normalized spacial score (nSPS) is 10.9. The smallest absolute Gasteiger partial charge is 0.250 e. The van der Waals surface area contributed by atoms with Gasteiger partial charge in [0.1, 0.15) is 0 Å². The number of aromatic nitrogens is 3. The van der Waals surface area contributed by atoms with Crippen LogP contribution < -0.4 is 5.69 Å². The predicted octanol–water partition coefficient (Wildman–Crippen LogP) is 3.36. The number of nitrogens with one attached hydrogen (secondary N) is 1. The lowest BCUT2D eigenvalue weighted by molar-refractivity contribution is 1.02. The molecule has 2 aromatic carbocycles. The zero-order valence-electron chi connectivity index (χ0n) is 11.7. The Hall–Kier alpha value is -3.14. The van der Waals surface area contributed by atoms with Crippen LogP contribution in [0.5, 0.6) is 0 Å². The van der Waals surface area contributed by atoms with Gasteiger partial charge in [0, 0.05) is 6.20 Å². The highest BCUT2D eigenvalue weighted by Gasteiger charge is 2.04. The molecular weight excluding hydrogens is 274 g/mol. The maximum atomic E-state index is 11.6. The molecule has 0 fully saturated rings. The molecule has 0 spiro atoms. The summed E-state index contributed by atoms with van der Waals surface area (Å²) in [5.74, 6) is 0. The second kappa shape index (κ2) is 5.00. The quantitative estimate of drug-likeness (QED) is 0.614. The van der Waals surface area contributed by atoms with Crippen molar-refractivity contribution >= 4 is 5.65 Å². The van der Waals surface area contributed by atoms with E-state index in [0.717, 1.165) is 11.1 Å². The summed E-state index contributed by atoms with van der Waals surface area (Å²) in [4.78, 5) is 11.6. The van der Waals surface area contributed by atoms with Crippen LogP contribution in [-0.2, 0) is 0 Å². The third-order valence-corrected chi connectivity index (χ3v) is 3.74. The van der Waals surface area contributed by atoms with Crippen LogP contribution in [0.2, 0.25) is 0 Å². The van der Waals surface area contributed by atoms with E-state index in [4.69, 9.17) is 0 Å². The van der Waals surface area contributed by atoms with Gasteiger partial charge in [-0.05, 0) is 34.4 Å². The fourth-order valence-electron chi connectivity index (χ4n) is 2.56. The predicted molar refractivity (Wildman–Crippen MR) is 86.7 cm³/mol. The van der Waals surface area contributed by atoms with Crippen molar-refractivity contribution in [2.45, 2.75) is 0 Å². The second-order valence-corrected chi connectivity index (χ2v) is 5.12. The Morgan fingerprint density at radius 1 is 0.727 bits per heavy atom. The lowest BCUT2D eigenvalue weighted by Gasteiger charge is -2.05. The van der Waals surface area contributed by atoms with E-state index in [1.807, 2.05) is 30.3 Å². The number of pyridine rings is 1. The molecule has 2 aromatic heterocycles. The monoisotopic (exact) mass is 287 g/mol. The Morgan fingerprint density at radius 3 is 2.05 bits per heavy atom. The Kier molecular flexibility index (Phi) is 2.86. The van der Waals surface area contributed by atoms with Crippen molar-refractivity contribution in [1.29, 1.82) is 0 Å². The third kappa shape index (κ3) is 2.11. The topological polar surface area (TPSA) is 50.2 Å². The van der Waals surface area contributed by atoms with E-state index in [2.05, 4.69) is 46.6 Å². The molecule has 0 bridgehead atoms. The number of hydrogen-bond acceptors (Lipinski definition) is 2. The molecule has 4 rings (SSSR count). The largest absolute Gasteiger partial charge is 0.347 e. The van der Waals surface area contributed by atoms with Crippen LogP contribution in [-0.4, -0.2) is 14.6 Å². The van der Waals surface area contributed by atoms with Gasteiger partial charge in [-0.3, -0.25) is 0 Å². The highest BCUT2D eigenvalue weighted by Crippen LogP contribution is 2.24. The minimum absolute atomic E-state index is 0.224. The van der Waals surface area contributed by atoms with Crippen LogP contribution in [0, 0.1) is 0 Å². The first-order valence-electron chi connectivity index (χ1n) is 7.04. The van der Waals surface area contributed by atoms with Gasteiger partial charge in [0.2, 0.25) is 0 Å². The summed E-state index contributed by atoms with van der Waals surface area (Å²) in [6.45, 7) is 0. The van der Waals surface area contributed by atoms with Crippen LogP contribution in [0.1, 0.15) is 0 Å². The number of H-pyrrole nitrogens is 1. The zero-order chi connectivity index (χ0) is 14.9. The summed E-state index contributed by atoms with van der Waals surface area (Å²) in [5, 5.41) is 6.38. The zero-order valence-corrected chi connectivity index (χ0v) is 11.7. The van der Waals surface area contributed by atoms with E-state index < -0.39 is 0 Å². The number of hydrogen-bond donors (Lipinski definition) is 1. The van der Waals surface area contributed by atoms with Crippen molar-refractivity contribution in [2.75, 3.05) is 0 Å². The van der Waals surface area contributed by atoms with E-state index in [9.17, 15) is 4.79 Å². The molecule has 0 aliphatic heterocycles. The second-order valence-electron chi connectivity index (χ2n) is 5.12. The molecule has 0 saturated heterocycles. The minimum Gasteiger partial charge on any atom is -0.250 e. The molecule has 2 heterocycles. The van der Waals surface area contributed by atoms with Crippen molar-refractivity contribution in [2.24, 2.45) is 0 Å². The highest BCUT2D eigenvalue weighted by atomic mass is 16.1. The van der Waals surface area contributed by atoms with Gasteiger partial charge < -0.3 is 0 Å². The van der Waals surface area contributed by atoms with Crippen molar-refractivity contribution in [3.63, 3.8) is 0 Å². The third-order valence-electron chi connectivity index (χ3n) is 3.74. The Morgan fingerprint density at radius 2 is 1.32 bits per heavy atom. The molecule has 0 radical (unpaired) electrons. The van der Waals surface area contributed by atoms with E-state index in [1.54, 1.807) is 6.20 Å². The van der Waals surface area contributed by atoms with Crippen molar-refractivity contribution in [1.82, 2.24) is 14.6 Å². The Bertz CT molecular complexity index is 982. The first-order chi connectivity index (χ1) is 10.8. The summed E-state index contributed by atoms with van der Waals surface area (Å²) in [7, 11) is 0. The molecule has 0 aliphatic rings. The molecule has 4 heteroatoms. The maximum absolute atomic E-state index is 11.6. The molecule has 4 nitrogen and oxygen atoms in total. The summed E-state index contributed by atoms with van der Waals surface area (Å²) >= 11 is 0. The standard InChI is InChI=1S/C18H13N3O/c22-18-20-19-17-11-10-16(12-21(17)18)15-8-6-14(7-9-15)13-4-2-1-3-5-13/h1-12H,(H,20,22). The van der Waals surface area contributed by atoms with E-state index in [-0.39, 0.29) is 5.69 Å². The highest BCUT2D eigenvalue weighted by molar-refractivity contribution is 5.70. The summed E-state index contributed by atoms with van der Waals surface area (Å²) in [5.41, 5.74) is 4.80. The minimum atomic E-state index is -0.224. The molecular formula is C18H13N3O. The van der Waals surface area contributed by atoms with Crippen LogP contribution in [0.4, 0.5) is 0 Å². The number of nitrogens with zero attached hydrogens (tertiary/aromatic N) is 2. The van der Waals surface area contributed by atoms with Crippen molar-refractivity contribution in [3.8, 4) is 22.3 Å². The first kappa shape index (κ1) is 12.6. The Labute approximate surface area is 126 Å². The van der Waals surface area contributed by atoms with Gasteiger partial charge >= 0.3 is 5.69 Å². The van der Waals surface area contributed by atoms with Gasteiger partial charge in [-0.15, -0.1) is 0 Å². The SMILES string of the molecule is O=c1[nH]nc2ccc(-c3ccc(-c4ccccc4)cc3)cn12. The fourth-order valence-corrected chi connectivity index (χ4v) is 2.56. The van der Waals surface area contributed by atoms with Crippen LogP contribution in [0.25, 0.3) is 27.9 Å². The summed E-state index contributed by atoms with van der Waals surface area (Å²) < 4.78 is 1.51. The van der Waals surface area contributed by atoms with Gasteiger partial charge in [0.05, 0.1) is 0 Å². The number of benzene rings is 2. The molecule has 22 heavy (non-hydrogen) atoms. The molecule has 1 N–H and O–H groups in total. The van der Waals surface area contributed by atoms with Gasteiger partial charge in [-0.25, -0.2) is 14.3 Å². The lowest BCUT2D eigenvalue weighted by atomic mass is 10.0. The molecule has 0 amide bonds. The Balaban J connectivity index is 1.75. The van der Waals surface area contributed by atoms with Gasteiger partial charge in [0.15, 0.2) is 5.65 Å². The first-order valence-corrected chi connectivity index (χ1v) is 7.04. The number of fused-ring (bicyclic) bond motifs is 1. The van der Waals surface area contributed by atoms with Crippen LogP contribution in [0.15, 0.2) is 77.7 Å². The molecule has 106 valence electrons. The summed E-state index contributed by atoms with van der Waals surface area (Å²) in [6, 6.07) is 22.4. The van der Waals surface area contributed by atoms with Gasteiger partial charge in [-0.1, -0.05) is 54.6 Å². The van der Waals surface area contributed by atoms with Crippen LogP contribution >= 0.6 is 0 Å². The molecule has 4 aromatic rings. The van der Waals surface area contributed by atoms with Gasteiger partial charge in [-0.2, -0.15) is 5.10 Å².